The molecule has 1 fully saturated rings. The van der Waals surface area contributed by atoms with Crippen LogP contribution < -0.4 is 4.74 Å². The minimum Gasteiger partial charge on any atom is -0.490 e. The van der Waals surface area contributed by atoms with E-state index in [1.807, 2.05) is 0 Å². The first-order valence-corrected chi connectivity index (χ1v) is 9.58. The Hall–Kier alpha value is -0.840. The summed E-state index contributed by atoms with van der Waals surface area (Å²) in [7, 11) is 33.8. The van der Waals surface area contributed by atoms with Crippen LogP contribution in [0.15, 0.2) is 18.2 Å². The van der Waals surface area contributed by atoms with Crippen LogP contribution in [0.4, 0.5) is 13.2 Å². The van der Waals surface area contributed by atoms with Gasteiger partial charge in [0.05, 0.1) is 53.7 Å². The summed E-state index contributed by atoms with van der Waals surface area (Å²) < 4.78 is 46.1. The predicted octanol–water partition coefficient (Wildman–Crippen LogP) is 1.50. The summed E-state index contributed by atoms with van der Waals surface area (Å²) in [5, 5.41) is -3.60. The molecule has 12 radical (unpaired) electrons. The van der Waals surface area contributed by atoms with Gasteiger partial charge in [-0.25, -0.2) is 13.2 Å². The van der Waals surface area contributed by atoms with E-state index in [0.29, 0.717) is 25.7 Å². The lowest BCUT2D eigenvalue weighted by Crippen LogP contribution is -2.63. The van der Waals surface area contributed by atoms with Gasteiger partial charge in [-0.05, 0) is 55.8 Å². The highest BCUT2D eigenvalue weighted by atomic mass is 19.3. The fourth-order valence-corrected chi connectivity index (χ4v) is 3.45. The lowest BCUT2D eigenvalue weighted by Gasteiger charge is -2.48. The number of aryl methyl sites for hydroxylation is 1. The molecule has 0 amide bonds. The van der Waals surface area contributed by atoms with Crippen molar-refractivity contribution in [1.82, 2.24) is 4.90 Å². The predicted molar refractivity (Wildman–Crippen MR) is 114 cm³/mol. The van der Waals surface area contributed by atoms with Gasteiger partial charge in [-0.15, -0.1) is 0 Å². The topological polar surface area (TPSA) is 12.5 Å². The normalized spacial score (nSPS) is 18.1. The second kappa shape index (κ2) is 9.53. The van der Waals surface area contributed by atoms with Crippen molar-refractivity contribution >= 4 is 47.1 Å². The summed E-state index contributed by atoms with van der Waals surface area (Å²) in [6.45, 7) is 0.410. The summed E-state index contributed by atoms with van der Waals surface area (Å²) in [5.74, 6) is -3.03. The SMILES string of the molecule is [B]C([B])([B])N(CCCc1ccc(F)c(OCC2CCC(F)(F)CC2)c1)C([B])([B])[B]. The molecule has 0 N–H and O–H groups in total. The maximum Gasteiger partial charge on any atom is 0.248 e. The highest BCUT2D eigenvalue weighted by Gasteiger charge is 2.35. The van der Waals surface area contributed by atoms with Gasteiger partial charge in [0.2, 0.25) is 5.92 Å². The molecule has 1 saturated carbocycles. The third kappa shape index (κ3) is 7.73. The molecule has 29 heavy (non-hydrogen) atoms. The van der Waals surface area contributed by atoms with Gasteiger partial charge in [-0.1, -0.05) is 16.5 Å². The third-order valence-electron chi connectivity index (χ3n) is 5.09. The monoisotopic (exact) mass is 389 g/mol. The molecule has 0 aromatic heterocycles. The maximum absolute atomic E-state index is 14.1. The molecule has 1 aliphatic carbocycles. The molecular weight excluding hydrogens is 368 g/mol. The zero-order chi connectivity index (χ0) is 21.9. The van der Waals surface area contributed by atoms with Crippen LogP contribution >= 0.6 is 0 Å². The molecule has 0 aliphatic heterocycles. The highest BCUT2D eigenvalue weighted by molar-refractivity contribution is 6.63. The first kappa shape index (κ1) is 24.4. The largest absolute Gasteiger partial charge is 0.490 e. The van der Waals surface area contributed by atoms with Gasteiger partial charge in [0, 0.05) is 12.8 Å². The number of hydrogen-bond acceptors (Lipinski definition) is 2. The number of ether oxygens (including phenoxy) is 1. The molecule has 0 saturated heterocycles. The zero-order valence-corrected chi connectivity index (χ0v) is 16.4. The van der Waals surface area contributed by atoms with Gasteiger partial charge in [0.1, 0.15) is 0 Å². The Labute approximate surface area is 179 Å². The van der Waals surface area contributed by atoms with Crippen LogP contribution in [-0.2, 0) is 6.42 Å². The first-order chi connectivity index (χ1) is 13.3. The molecule has 0 bridgehead atoms. The van der Waals surface area contributed by atoms with Crippen LogP contribution in [0, 0.1) is 11.7 Å². The molecule has 2 rings (SSSR count). The number of alkyl halides is 2. The van der Waals surface area contributed by atoms with E-state index in [1.54, 1.807) is 12.1 Å². The van der Waals surface area contributed by atoms with E-state index in [4.69, 9.17) is 51.8 Å². The average molecular weight is 388 g/mol. The molecule has 142 valence electrons. The minimum atomic E-state index is -2.60. The van der Waals surface area contributed by atoms with E-state index < -0.39 is 22.2 Å². The fraction of sp³-hybridized carbons (Fsp3) is 0.667. The Morgan fingerprint density at radius 1 is 1.03 bits per heavy atom. The minimum absolute atomic E-state index is 0.00943. The van der Waals surface area contributed by atoms with Gasteiger partial charge in [0.25, 0.3) is 0 Å². The Bertz CT molecular complexity index is 657. The molecule has 1 aliphatic rings. The van der Waals surface area contributed by atoms with E-state index >= 15 is 0 Å². The van der Waals surface area contributed by atoms with Crippen LogP contribution in [0.2, 0.25) is 0 Å². The van der Waals surface area contributed by atoms with Gasteiger partial charge < -0.3 is 9.64 Å². The van der Waals surface area contributed by atoms with Crippen molar-refractivity contribution < 1.29 is 17.9 Å². The van der Waals surface area contributed by atoms with Crippen molar-refractivity contribution in [3.8, 4) is 5.75 Å². The van der Waals surface area contributed by atoms with Crippen molar-refractivity contribution in [1.29, 1.82) is 0 Å². The molecule has 1 aromatic rings. The van der Waals surface area contributed by atoms with E-state index in [-0.39, 0.29) is 37.7 Å². The summed E-state index contributed by atoms with van der Waals surface area (Å²) in [4.78, 5) is 1.15. The van der Waals surface area contributed by atoms with Gasteiger partial charge in [-0.3, -0.25) is 0 Å². The second-order valence-corrected chi connectivity index (χ2v) is 7.90. The second-order valence-electron chi connectivity index (χ2n) is 7.90. The van der Waals surface area contributed by atoms with Crippen molar-refractivity contribution in [2.45, 2.75) is 54.9 Å². The first-order valence-electron chi connectivity index (χ1n) is 9.58. The molecule has 0 spiro atoms. The van der Waals surface area contributed by atoms with Crippen LogP contribution in [0.25, 0.3) is 0 Å². The Kier molecular flexibility index (Phi) is 8.03. The van der Waals surface area contributed by atoms with Gasteiger partial charge in [0.15, 0.2) is 11.6 Å². The zero-order valence-electron chi connectivity index (χ0n) is 16.4. The van der Waals surface area contributed by atoms with Crippen molar-refractivity contribution in [3.05, 3.63) is 29.6 Å². The average Bonchev–Trinajstić information content (AvgIpc) is 2.57. The smallest absolute Gasteiger partial charge is 0.248 e. The number of nitrogens with zero attached hydrogens (tertiary/aromatic N) is 1. The Balaban J connectivity index is 1.90. The van der Waals surface area contributed by atoms with Crippen LogP contribution in [0.1, 0.15) is 37.7 Å². The van der Waals surface area contributed by atoms with E-state index in [0.717, 1.165) is 10.5 Å². The van der Waals surface area contributed by atoms with E-state index in [9.17, 15) is 13.2 Å². The molecule has 11 heteroatoms. The van der Waals surface area contributed by atoms with Crippen molar-refractivity contribution in [2.24, 2.45) is 5.92 Å². The number of hydrogen-bond donors (Lipinski definition) is 0. The number of halogens is 3. The number of benzene rings is 1. The quantitative estimate of drug-likeness (QED) is 0.595. The molecule has 1 aromatic carbocycles. The van der Waals surface area contributed by atoms with Crippen molar-refractivity contribution in [3.63, 3.8) is 0 Å². The lowest BCUT2D eigenvalue weighted by molar-refractivity contribution is -0.0499. The summed E-state index contributed by atoms with van der Waals surface area (Å²) >= 11 is 0. The summed E-state index contributed by atoms with van der Waals surface area (Å²) in [6.07, 6.45) is 1.41. The Morgan fingerprint density at radius 3 is 2.17 bits per heavy atom. The van der Waals surface area contributed by atoms with E-state index in [1.165, 1.54) is 6.07 Å². The molecule has 0 unspecified atom stereocenters. The summed E-state index contributed by atoms with van der Waals surface area (Å²) in [6, 6.07) is 4.50. The maximum atomic E-state index is 14.1. The lowest BCUT2D eigenvalue weighted by atomic mass is 9.40. The Morgan fingerprint density at radius 2 is 1.62 bits per heavy atom. The van der Waals surface area contributed by atoms with Gasteiger partial charge >= 0.3 is 0 Å². The molecule has 0 atom stereocenters. The molecule has 2 nitrogen and oxygen atoms in total. The van der Waals surface area contributed by atoms with Crippen LogP contribution in [0.5, 0.6) is 5.75 Å². The molecular formula is C18H20B6F3NO. The van der Waals surface area contributed by atoms with Crippen LogP contribution in [-0.4, -0.2) is 81.5 Å². The fourth-order valence-electron chi connectivity index (χ4n) is 3.45. The highest BCUT2D eigenvalue weighted by Crippen LogP contribution is 2.36. The summed E-state index contributed by atoms with van der Waals surface area (Å²) in [5.41, 5.74) is 0.796. The van der Waals surface area contributed by atoms with Gasteiger partial charge in [-0.2, -0.15) is 0 Å². The third-order valence-corrected chi connectivity index (χ3v) is 5.09. The standard InChI is InChI=1S/C18H20B6F3NO/c19-17(20,21)28(18(22,23)24)9-1-2-12-3-4-14(25)15(10-12)29-11-13-5-7-16(26,27)8-6-13/h3-4,10,13H,1-2,5-9,11H2. The van der Waals surface area contributed by atoms with Crippen molar-refractivity contribution in [2.75, 3.05) is 13.2 Å². The van der Waals surface area contributed by atoms with E-state index in [2.05, 4.69) is 0 Å². The molecule has 0 heterocycles. The van der Waals surface area contributed by atoms with Crippen LogP contribution in [0.3, 0.4) is 0 Å². The number of rotatable bonds is 9.